The summed E-state index contributed by atoms with van der Waals surface area (Å²) in [7, 11) is 0. The fourth-order valence-corrected chi connectivity index (χ4v) is 1.89. The van der Waals surface area contributed by atoms with Gasteiger partial charge >= 0.3 is 5.69 Å². The predicted octanol–water partition coefficient (Wildman–Crippen LogP) is -0.457. The number of aromatic nitrogens is 2. The van der Waals surface area contributed by atoms with Gasteiger partial charge in [-0.15, -0.1) is 0 Å². The van der Waals surface area contributed by atoms with E-state index in [1.807, 2.05) is 4.98 Å². The molecule has 2 heterocycles. The number of rotatable bonds is 2. The molecule has 2 unspecified atom stereocenters. The fourth-order valence-electron chi connectivity index (χ4n) is 1.89. The van der Waals surface area contributed by atoms with E-state index in [0.29, 0.717) is 6.42 Å². The maximum Gasteiger partial charge on any atom is 0.330 e. The summed E-state index contributed by atoms with van der Waals surface area (Å²) in [6.45, 7) is 1.75. The fraction of sp³-hybridized carbons (Fsp3) is 0.600. The lowest BCUT2D eigenvalue weighted by molar-refractivity contribution is -0.0280. The summed E-state index contributed by atoms with van der Waals surface area (Å²) < 4.78 is 20.0. The number of hydrogen-bond donors (Lipinski definition) is 2. The van der Waals surface area contributed by atoms with Crippen LogP contribution >= 0.6 is 0 Å². The molecule has 94 valence electrons. The standard InChI is InChI=1S/C10H13FN2O4/c1-2-5-8(15)7(11)9(17-5)13-4-3-6(14)12-10(13)16/h3-5,7-9,15H,2H2,1H3,(H,12,14,16)/t5-,7?,8?,9-/m1/s1. The molecule has 0 aromatic carbocycles. The van der Waals surface area contributed by atoms with Gasteiger partial charge < -0.3 is 9.84 Å². The van der Waals surface area contributed by atoms with Gasteiger partial charge in [0.2, 0.25) is 0 Å². The molecule has 1 aliphatic heterocycles. The number of aromatic amines is 1. The van der Waals surface area contributed by atoms with Crippen molar-refractivity contribution < 1.29 is 14.2 Å². The van der Waals surface area contributed by atoms with Crippen LogP contribution in [0, 0.1) is 0 Å². The molecule has 0 aliphatic carbocycles. The van der Waals surface area contributed by atoms with E-state index in [9.17, 15) is 19.1 Å². The smallest absolute Gasteiger partial charge is 0.330 e. The Morgan fingerprint density at radius 1 is 1.59 bits per heavy atom. The van der Waals surface area contributed by atoms with Crippen LogP contribution in [-0.2, 0) is 4.74 Å². The molecule has 17 heavy (non-hydrogen) atoms. The third-order valence-corrected chi connectivity index (χ3v) is 2.82. The van der Waals surface area contributed by atoms with Gasteiger partial charge in [-0.1, -0.05) is 6.92 Å². The van der Waals surface area contributed by atoms with Crippen molar-refractivity contribution in [3.63, 3.8) is 0 Å². The molecule has 7 heteroatoms. The minimum Gasteiger partial charge on any atom is -0.387 e. The second kappa shape index (κ2) is 4.42. The van der Waals surface area contributed by atoms with Crippen LogP contribution in [-0.4, -0.2) is 33.0 Å². The van der Waals surface area contributed by atoms with Crippen molar-refractivity contribution in [1.29, 1.82) is 0 Å². The van der Waals surface area contributed by atoms with Crippen molar-refractivity contribution in [3.8, 4) is 0 Å². The van der Waals surface area contributed by atoms with Crippen LogP contribution in [0.4, 0.5) is 4.39 Å². The van der Waals surface area contributed by atoms with Gasteiger partial charge in [0.1, 0.15) is 6.10 Å². The molecule has 0 saturated carbocycles. The third kappa shape index (κ3) is 2.03. The summed E-state index contributed by atoms with van der Waals surface area (Å²) in [6, 6.07) is 1.10. The first-order chi connectivity index (χ1) is 8.04. The summed E-state index contributed by atoms with van der Waals surface area (Å²) >= 11 is 0. The minimum atomic E-state index is -1.69. The Morgan fingerprint density at radius 2 is 2.29 bits per heavy atom. The van der Waals surface area contributed by atoms with E-state index in [1.165, 1.54) is 0 Å². The van der Waals surface area contributed by atoms with Gasteiger partial charge in [-0.05, 0) is 6.42 Å². The number of aliphatic hydroxyl groups is 1. The van der Waals surface area contributed by atoms with E-state index in [4.69, 9.17) is 4.74 Å². The first kappa shape index (κ1) is 12.0. The van der Waals surface area contributed by atoms with Crippen molar-refractivity contribution in [2.45, 2.75) is 38.0 Å². The van der Waals surface area contributed by atoms with E-state index in [0.717, 1.165) is 16.8 Å². The molecule has 1 aromatic rings. The van der Waals surface area contributed by atoms with Crippen LogP contribution in [0.5, 0.6) is 0 Å². The Bertz CT molecular complexity index is 512. The molecule has 1 aliphatic rings. The molecule has 4 atom stereocenters. The van der Waals surface area contributed by atoms with Crippen LogP contribution in [0.2, 0.25) is 0 Å². The maximum atomic E-state index is 13.8. The van der Waals surface area contributed by atoms with Crippen molar-refractivity contribution >= 4 is 0 Å². The van der Waals surface area contributed by atoms with Gasteiger partial charge in [0.05, 0.1) is 6.10 Å². The van der Waals surface area contributed by atoms with Crippen LogP contribution < -0.4 is 11.2 Å². The molecule has 1 fully saturated rings. The molecule has 0 spiro atoms. The average molecular weight is 244 g/mol. The van der Waals surface area contributed by atoms with Gasteiger partial charge in [0.15, 0.2) is 12.4 Å². The van der Waals surface area contributed by atoms with E-state index in [2.05, 4.69) is 0 Å². The van der Waals surface area contributed by atoms with E-state index in [-0.39, 0.29) is 0 Å². The van der Waals surface area contributed by atoms with Gasteiger partial charge in [-0.3, -0.25) is 14.3 Å². The van der Waals surface area contributed by atoms with Crippen LogP contribution in [0.1, 0.15) is 19.6 Å². The molecule has 0 amide bonds. The normalized spacial score (nSPS) is 32.9. The number of H-pyrrole nitrogens is 1. The molecule has 1 saturated heterocycles. The summed E-state index contributed by atoms with van der Waals surface area (Å²) in [6.07, 6.45) is -3.19. The van der Waals surface area contributed by atoms with Crippen molar-refractivity contribution in [2.75, 3.05) is 0 Å². The topological polar surface area (TPSA) is 84.3 Å². The molecule has 0 bridgehead atoms. The Balaban J connectivity index is 2.35. The van der Waals surface area contributed by atoms with Gasteiger partial charge in [-0.25, -0.2) is 9.18 Å². The SMILES string of the molecule is CC[C@H]1O[C@@H](n2ccc(=O)[nH]c2=O)C(F)C1O. The highest BCUT2D eigenvalue weighted by molar-refractivity contribution is 4.92. The number of hydrogen-bond acceptors (Lipinski definition) is 4. The molecule has 2 rings (SSSR count). The number of nitrogens with zero attached hydrogens (tertiary/aromatic N) is 1. The quantitative estimate of drug-likeness (QED) is 0.737. The maximum absolute atomic E-state index is 13.8. The molecule has 6 nitrogen and oxygen atoms in total. The van der Waals surface area contributed by atoms with Crippen molar-refractivity contribution in [2.24, 2.45) is 0 Å². The average Bonchev–Trinajstić information content (AvgIpc) is 2.57. The molecule has 1 aromatic heterocycles. The number of alkyl halides is 1. The van der Waals surface area contributed by atoms with Gasteiger partial charge in [0, 0.05) is 12.3 Å². The molecular weight excluding hydrogens is 231 g/mol. The summed E-state index contributed by atoms with van der Waals surface area (Å²) in [5.41, 5.74) is -1.32. The summed E-state index contributed by atoms with van der Waals surface area (Å²) in [5.74, 6) is 0. The molecule has 2 N–H and O–H groups in total. The first-order valence-corrected chi connectivity index (χ1v) is 5.33. The van der Waals surface area contributed by atoms with Crippen molar-refractivity contribution in [1.82, 2.24) is 9.55 Å². The second-order valence-corrected chi connectivity index (χ2v) is 3.93. The largest absolute Gasteiger partial charge is 0.387 e. The van der Waals surface area contributed by atoms with Gasteiger partial charge in [-0.2, -0.15) is 0 Å². The number of ether oxygens (including phenoxy) is 1. The lowest BCUT2D eigenvalue weighted by Crippen LogP contribution is -2.35. The Hall–Kier alpha value is -1.47. The van der Waals surface area contributed by atoms with Gasteiger partial charge in [0.25, 0.3) is 5.56 Å². The van der Waals surface area contributed by atoms with Crippen molar-refractivity contribution in [3.05, 3.63) is 33.1 Å². The number of aliphatic hydroxyl groups excluding tert-OH is 1. The number of nitrogens with one attached hydrogen (secondary N) is 1. The highest BCUT2D eigenvalue weighted by Gasteiger charge is 2.44. The predicted molar refractivity (Wildman–Crippen MR) is 56.4 cm³/mol. The van der Waals surface area contributed by atoms with E-state index < -0.39 is 35.9 Å². The summed E-state index contributed by atoms with van der Waals surface area (Å²) in [4.78, 5) is 24.3. The number of halogens is 1. The minimum absolute atomic E-state index is 0.441. The first-order valence-electron chi connectivity index (χ1n) is 5.33. The highest BCUT2D eigenvalue weighted by atomic mass is 19.1. The Labute approximate surface area is 95.7 Å². The van der Waals surface area contributed by atoms with Crippen LogP contribution in [0.15, 0.2) is 21.9 Å². The van der Waals surface area contributed by atoms with E-state index in [1.54, 1.807) is 6.92 Å². The van der Waals surface area contributed by atoms with Crippen LogP contribution in [0.25, 0.3) is 0 Å². The highest BCUT2D eigenvalue weighted by Crippen LogP contribution is 2.31. The zero-order valence-corrected chi connectivity index (χ0v) is 9.17. The zero-order valence-electron chi connectivity index (χ0n) is 9.17. The Kier molecular flexibility index (Phi) is 3.12. The second-order valence-electron chi connectivity index (χ2n) is 3.93. The summed E-state index contributed by atoms with van der Waals surface area (Å²) in [5, 5.41) is 9.55. The lowest BCUT2D eigenvalue weighted by atomic mass is 10.1. The zero-order chi connectivity index (χ0) is 12.6. The monoisotopic (exact) mass is 244 g/mol. The van der Waals surface area contributed by atoms with E-state index >= 15 is 0 Å². The molecule has 0 radical (unpaired) electrons. The lowest BCUT2D eigenvalue weighted by Gasteiger charge is -2.15. The Morgan fingerprint density at radius 3 is 2.82 bits per heavy atom. The third-order valence-electron chi connectivity index (χ3n) is 2.82. The molecular formula is C10H13FN2O4. The van der Waals surface area contributed by atoms with Crippen LogP contribution in [0.3, 0.4) is 0 Å².